The lowest BCUT2D eigenvalue weighted by Gasteiger charge is -2.15. The van der Waals surface area contributed by atoms with Crippen molar-refractivity contribution in [2.24, 2.45) is 0 Å². The fraction of sp³-hybridized carbons (Fsp3) is 0.278. The van der Waals surface area contributed by atoms with Gasteiger partial charge in [-0.3, -0.25) is 4.90 Å². The summed E-state index contributed by atoms with van der Waals surface area (Å²) in [6, 6.07) is 18.2. The third kappa shape index (κ3) is 3.13. The summed E-state index contributed by atoms with van der Waals surface area (Å²) in [6.45, 7) is 2.59. The predicted molar refractivity (Wildman–Crippen MR) is 82.5 cm³/mol. The first-order chi connectivity index (χ1) is 10.3. The zero-order chi connectivity index (χ0) is 14.7. The minimum Gasteiger partial charge on any atom is -0.392 e. The SMILES string of the molecule is N#Cc1ccccc1-c1ccc(CN2CC[C@H](O)C2)cc1. The second kappa shape index (κ2) is 6.09. The van der Waals surface area contributed by atoms with E-state index in [1.807, 2.05) is 24.3 Å². The Morgan fingerprint density at radius 3 is 2.57 bits per heavy atom. The van der Waals surface area contributed by atoms with Gasteiger partial charge in [-0.2, -0.15) is 5.26 Å². The van der Waals surface area contributed by atoms with Crippen LogP contribution in [0.15, 0.2) is 48.5 Å². The predicted octanol–water partition coefficient (Wildman–Crippen LogP) is 2.79. The van der Waals surface area contributed by atoms with Crippen molar-refractivity contribution in [3.63, 3.8) is 0 Å². The fourth-order valence-electron chi connectivity index (χ4n) is 2.84. The number of hydrogen-bond acceptors (Lipinski definition) is 3. The van der Waals surface area contributed by atoms with E-state index >= 15 is 0 Å². The topological polar surface area (TPSA) is 47.3 Å². The van der Waals surface area contributed by atoms with Crippen LogP contribution in [0.2, 0.25) is 0 Å². The van der Waals surface area contributed by atoms with E-state index in [0.29, 0.717) is 5.56 Å². The summed E-state index contributed by atoms with van der Waals surface area (Å²) in [5, 5.41) is 18.7. The summed E-state index contributed by atoms with van der Waals surface area (Å²) >= 11 is 0. The highest BCUT2D eigenvalue weighted by molar-refractivity contribution is 5.70. The first-order valence-corrected chi connectivity index (χ1v) is 7.25. The van der Waals surface area contributed by atoms with Gasteiger partial charge in [-0.05, 0) is 29.2 Å². The lowest BCUT2D eigenvalue weighted by Crippen LogP contribution is -2.21. The van der Waals surface area contributed by atoms with E-state index in [0.717, 1.165) is 37.2 Å². The molecule has 0 aliphatic carbocycles. The Morgan fingerprint density at radius 1 is 1.14 bits per heavy atom. The number of rotatable bonds is 3. The minimum atomic E-state index is -0.174. The number of nitriles is 1. The normalized spacial score (nSPS) is 18.6. The van der Waals surface area contributed by atoms with E-state index < -0.39 is 0 Å². The minimum absolute atomic E-state index is 0.174. The van der Waals surface area contributed by atoms with E-state index in [2.05, 4.69) is 35.2 Å². The van der Waals surface area contributed by atoms with Crippen LogP contribution in [-0.2, 0) is 6.54 Å². The largest absolute Gasteiger partial charge is 0.392 e. The van der Waals surface area contributed by atoms with Gasteiger partial charge in [0.1, 0.15) is 0 Å². The van der Waals surface area contributed by atoms with Gasteiger partial charge >= 0.3 is 0 Å². The molecule has 3 nitrogen and oxygen atoms in total. The van der Waals surface area contributed by atoms with Gasteiger partial charge in [0.25, 0.3) is 0 Å². The molecule has 1 aliphatic heterocycles. The Labute approximate surface area is 125 Å². The molecule has 0 radical (unpaired) electrons. The van der Waals surface area contributed by atoms with E-state index in [4.69, 9.17) is 5.26 Å². The molecule has 0 saturated carbocycles. The van der Waals surface area contributed by atoms with E-state index in [9.17, 15) is 5.11 Å². The Morgan fingerprint density at radius 2 is 1.90 bits per heavy atom. The maximum absolute atomic E-state index is 9.56. The van der Waals surface area contributed by atoms with Crippen LogP contribution in [0, 0.1) is 11.3 Å². The number of hydrogen-bond donors (Lipinski definition) is 1. The zero-order valence-electron chi connectivity index (χ0n) is 11.9. The summed E-state index contributed by atoms with van der Waals surface area (Å²) in [6.07, 6.45) is 0.694. The number of aliphatic hydroxyl groups is 1. The van der Waals surface area contributed by atoms with Crippen LogP contribution in [0.25, 0.3) is 11.1 Å². The standard InChI is InChI=1S/C18H18N2O/c19-11-16-3-1-2-4-18(16)15-7-5-14(6-8-15)12-20-10-9-17(21)13-20/h1-8,17,21H,9-10,12-13H2/t17-/m0/s1. The lowest BCUT2D eigenvalue weighted by atomic mass is 9.99. The molecule has 1 fully saturated rings. The average Bonchev–Trinajstić information content (AvgIpc) is 2.93. The van der Waals surface area contributed by atoms with Crippen LogP contribution < -0.4 is 0 Å². The van der Waals surface area contributed by atoms with Crippen molar-refractivity contribution in [2.45, 2.75) is 19.1 Å². The maximum atomic E-state index is 9.56. The summed E-state index contributed by atoms with van der Waals surface area (Å²) < 4.78 is 0. The van der Waals surface area contributed by atoms with Crippen molar-refractivity contribution in [1.82, 2.24) is 4.90 Å². The van der Waals surface area contributed by atoms with Crippen LogP contribution in [0.1, 0.15) is 17.5 Å². The molecule has 106 valence electrons. The van der Waals surface area contributed by atoms with E-state index in [1.54, 1.807) is 0 Å². The lowest BCUT2D eigenvalue weighted by molar-refractivity contribution is 0.175. The third-order valence-corrected chi connectivity index (χ3v) is 3.97. The van der Waals surface area contributed by atoms with E-state index in [-0.39, 0.29) is 6.10 Å². The summed E-state index contributed by atoms with van der Waals surface area (Å²) in [7, 11) is 0. The molecule has 3 rings (SSSR count). The summed E-state index contributed by atoms with van der Waals surface area (Å²) in [4.78, 5) is 2.27. The molecule has 1 aliphatic rings. The van der Waals surface area contributed by atoms with Gasteiger partial charge in [-0.1, -0.05) is 42.5 Å². The van der Waals surface area contributed by atoms with Crippen molar-refractivity contribution in [1.29, 1.82) is 5.26 Å². The summed E-state index contributed by atoms with van der Waals surface area (Å²) in [5.74, 6) is 0. The van der Waals surface area contributed by atoms with Gasteiger partial charge in [0.2, 0.25) is 0 Å². The Hall–Kier alpha value is -2.15. The number of likely N-dealkylation sites (tertiary alicyclic amines) is 1. The van der Waals surface area contributed by atoms with Crippen molar-refractivity contribution in [3.05, 3.63) is 59.7 Å². The highest BCUT2D eigenvalue weighted by Crippen LogP contribution is 2.24. The molecule has 1 atom stereocenters. The first-order valence-electron chi connectivity index (χ1n) is 7.25. The van der Waals surface area contributed by atoms with Crippen molar-refractivity contribution in [2.75, 3.05) is 13.1 Å². The van der Waals surface area contributed by atoms with Crippen molar-refractivity contribution in [3.8, 4) is 17.2 Å². The molecule has 0 aromatic heterocycles. The maximum Gasteiger partial charge on any atom is 0.0998 e. The van der Waals surface area contributed by atoms with Crippen LogP contribution in [0.3, 0.4) is 0 Å². The molecule has 0 spiro atoms. The Kier molecular flexibility index (Phi) is 4.01. The van der Waals surface area contributed by atoms with Crippen LogP contribution in [0.5, 0.6) is 0 Å². The second-order valence-electron chi connectivity index (χ2n) is 5.53. The molecule has 3 heteroatoms. The molecular weight excluding hydrogens is 260 g/mol. The van der Waals surface area contributed by atoms with Gasteiger partial charge in [0.05, 0.1) is 17.7 Å². The smallest absolute Gasteiger partial charge is 0.0998 e. The molecule has 0 unspecified atom stereocenters. The Balaban J connectivity index is 1.76. The molecule has 1 heterocycles. The van der Waals surface area contributed by atoms with E-state index in [1.165, 1.54) is 5.56 Å². The molecule has 0 amide bonds. The molecule has 2 aromatic carbocycles. The molecule has 2 aromatic rings. The average molecular weight is 278 g/mol. The fourth-order valence-corrected chi connectivity index (χ4v) is 2.84. The molecule has 1 saturated heterocycles. The van der Waals surface area contributed by atoms with Gasteiger partial charge in [0, 0.05) is 19.6 Å². The molecule has 0 bridgehead atoms. The van der Waals surface area contributed by atoms with Crippen molar-refractivity contribution < 1.29 is 5.11 Å². The number of β-amino-alcohol motifs (C(OH)–C–C–N with tert-alkyl or cyclic N) is 1. The van der Waals surface area contributed by atoms with Gasteiger partial charge < -0.3 is 5.11 Å². The number of aliphatic hydroxyl groups excluding tert-OH is 1. The van der Waals surface area contributed by atoms with Crippen LogP contribution in [0.4, 0.5) is 0 Å². The Bertz CT molecular complexity index is 658. The number of nitrogens with zero attached hydrogens (tertiary/aromatic N) is 2. The zero-order valence-corrected chi connectivity index (χ0v) is 11.9. The molecule has 1 N–H and O–H groups in total. The molecule has 21 heavy (non-hydrogen) atoms. The number of benzene rings is 2. The quantitative estimate of drug-likeness (QED) is 0.939. The van der Waals surface area contributed by atoms with Gasteiger partial charge in [-0.25, -0.2) is 0 Å². The van der Waals surface area contributed by atoms with Crippen LogP contribution in [-0.4, -0.2) is 29.2 Å². The monoisotopic (exact) mass is 278 g/mol. The third-order valence-electron chi connectivity index (χ3n) is 3.97. The van der Waals surface area contributed by atoms with Crippen LogP contribution >= 0.6 is 0 Å². The first kappa shape index (κ1) is 13.8. The highest BCUT2D eigenvalue weighted by Gasteiger charge is 2.19. The highest BCUT2D eigenvalue weighted by atomic mass is 16.3. The molecular formula is C18H18N2O. The van der Waals surface area contributed by atoms with Gasteiger partial charge in [-0.15, -0.1) is 0 Å². The second-order valence-corrected chi connectivity index (χ2v) is 5.53. The van der Waals surface area contributed by atoms with Crippen molar-refractivity contribution >= 4 is 0 Å². The van der Waals surface area contributed by atoms with Gasteiger partial charge in [0.15, 0.2) is 0 Å². The summed E-state index contributed by atoms with van der Waals surface area (Å²) in [5.41, 5.74) is 3.98.